The molecule has 1 fully saturated rings. The first-order valence-electron chi connectivity index (χ1n) is 10.6. The summed E-state index contributed by atoms with van der Waals surface area (Å²) in [6, 6.07) is 10.6. The van der Waals surface area contributed by atoms with E-state index in [2.05, 4.69) is 10.6 Å². The molecule has 1 atom stereocenters. The van der Waals surface area contributed by atoms with Crippen LogP contribution in [0.1, 0.15) is 36.8 Å². The highest BCUT2D eigenvalue weighted by atomic mass is 32.2. The number of halogens is 1. The van der Waals surface area contributed by atoms with Gasteiger partial charge in [0.15, 0.2) is 0 Å². The fourth-order valence-corrected chi connectivity index (χ4v) is 4.51. The number of carbonyl (C=O) groups excluding carboxylic acids is 2. The van der Waals surface area contributed by atoms with Gasteiger partial charge in [0.25, 0.3) is 0 Å². The van der Waals surface area contributed by atoms with Crippen LogP contribution < -0.4 is 20.5 Å². The molecule has 178 valence electrons. The topological polar surface area (TPSA) is 128 Å². The Bertz CT molecular complexity index is 1120. The summed E-state index contributed by atoms with van der Waals surface area (Å²) in [7, 11) is -2.24. The molecule has 1 aliphatic heterocycles. The first-order valence-corrected chi connectivity index (χ1v) is 12.2. The molecular weight excluding hydrogens is 449 g/mol. The highest BCUT2D eigenvalue weighted by Gasteiger charge is 2.38. The van der Waals surface area contributed by atoms with Gasteiger partial charge in [-0.2, -0.15) is 0 Å². The Hall–Kier alpha value is -2.98. The molecule has 0 aromatic heterocycles. The Morgan fingerprint density at radius 2 is 1.97 bits per heavy atom. The number of benzene rings is 2. The van der Waals surface area contributed by atoms with Crippen LogP contribution in [0.25, 0.3) is 0 Å². The maximum atomic E-state index is 14.4. The molecule has 0 radical (unpaired) electrons. The number of sulfonamides is 1. The molecule has 3 rings (SSSR count). The lowest BCUT2D eigenvalue weighted by Crippen LogP contribution is -2.44. The normalized spacial score (nSPS) is 18.1. The van der Waals surface area contributed by atoms with Crippen LogP contribution in [0, 0.1) is 5.82 Å². The SMILES string of the molecule is COc1ccc(F)c(CC2(CCC(=O)NCCc3ccc(S(N)(=O)=O)cc3)CCC(=O)N2)c1. The van der Waals surface area contributed by atoms with Crippen LogP contribution in [0.5, 0.6) is 5.75 Å². The number of methoxy groups -OCH3 is 1. The Kier molecular flexibility index (Phi) is 7.70. The molecule has 0 aliphatic carbocycles. The van der Waals surface area contributed by atoms with Crippen LogP contribution in [-0.4, -0.2) is 39.4 Å². The lowest BCUT2D eigenvalue weighted by molar-refractivity contribution is -0.122. The minimum absolute atomic E-state index is 0.0340. The lowest BCUT2D eigenvalue weighted by Gasteiger charge is -2.29. The van der Waals surface area contributed by atoms with Crippen LogP contribution in [0.2, 0.25) is 0 Å². The summed E-state index contributed by atoms with van der Waals surface area (Å²) < 4.78 is 42.1. The van der Waals surface area contributed by atoms with Crippen LogP contribution in [0.15, 0.2) is 47.4 Å². The first kappa shape index (κ1) is 24.7. The predicted molar refractivity (Wildman–Crippen MR) is 121 cm³/mol. The van der Waals surface area contributed by atoms with E-state index < -0.39 is 15.6 Å². The van der Waals surface area contributed by atoms with Gasteiger partial charge in [-0.15, -0.1) is 0 Å². The summed E-state index contributed by atoms with van der Waals surface area (Å²) in [5.74, 6) is -0.139. The van der Waals surface area contributed by atoms with Crippen LogP contribution in [0.3, 0.4) is 0 Å². The molecule has 2 aromatic rings. The molecular formula is C23H28FN3O5S. The molecule has 8 nitrogen and oxygen atoms in total. The molecule has 1 aliphatic rings. The van der Waals surface area contributed by atoms with Crippen molar-refractivity contribution >= 4 is 21.8 Å². The summed E-state index contributed by atoms with van der Waals surface area (Å²) in [6.45, 7) is 0.372. The molecule has 1 heterocycles. The largest absolute Gasteiger partial charge is 0.497 e. The number of primary sulfonamides is 1. The third-order valence-corrected chi connectivity index (χ3v) is 6.76. The van der Waals surface area contributed by atoms with Crippen molar-refractivity contribution in [3.63, 3.8) is 0 Å². The summed E-state index contributed by atoms with van der Waals surface area (Å²) in [6.07, 6.45) is 2.20. The number of nitrogens with two attached hydrogens (primary N) is 1. The van der Waals surface area contributed by atoms with Crippen molar-refractivity contribution in [2.24, 2.45) is 5.14 Å². The molecule has 33 heavy (non-hydrogen) atoms. The number of carbonyl (C=O) groups is 2. The molecule has 1 unspecified atom stereocenters. The fourth-order valence-electron chi connectivity index (χ4n) is 3.99. The standard InChI is InChI=1S/C23H28FN3O5S/c1-32-18-4-7-20(24)17(14-18)15-23(12-9-22(29)27-23)11-8-21(28)26-13-10-16-2-5-19(6-3-16)33(25,30)31/h2-7,14H,8-13,15H2,1H3,(H,26,28)(H,27,29)(H2,25,30,31). The number of amides is 2. The molecule has 2 aromatic carbocycles. The van der Waals surface area contributed by atoms with Gasteiger partial charge in [-0.25, -0.2) is 17.9 Å². The van der Waals surface area contributed by atoms with E-state index in [1.54, 1.807) is 18.2 Å². The minimum Gasteiger partial charge on any atom is -0.497 e. The van der Waals surface area contributed by atoms with Gasteiger partial charge >= 0.3 is 0 Å². The second-order valence-corrected chi connectivity index (χ2v) is 9.81. The van der Waals surface area contributed by atoms with Crippen molar-refractivity contribution < 1.29 is 27.1 Å². The average Bonchev–Trinajstić information content (AvgIpc) is 3.14. The monoisotopic (exact) mass is 477 g/mol. The summed E-state index contributed by atoms with van der Waals surface area (Å²) in [5.41, 5.74) is 0.598. The van der Waals surface area contributed by atoms with E-state index >= 15 is 0 Å². The number of nitrogens with one attached hydrogen (secondary N) is 2. The molecule has 0 saturated carbocycles. The first-order chi connectivity index (χ1) is 15.6. The highest BCUT2D eigenvalue weighted by molar-refractivity contribution is 7.89. The number of hydrogen-bond acceptors (Lipinski definition) is 5. The molecule has 0 bridgehead atoms. The maximum Gasteiger partial charge on any atom is 0.238 e. The summed E-state index contributed by atoms with van der Waals surface area (Å²) in [5, 5.41) is 10.9. The fraction of sp³-hybridized carbons (Fsp3) is 0.391. The van der Waals surface area contributed by atoms with Crippen molar-refractivity contribution in [1.29, 1.82) is 0 Å². The second kappa shape index (κ2) is 10.3. The van der Waals surface area contributed by atoms with Gasteiger partial charge in [0.2, 0.25) is 21.8 Å². The van der Waals surface area contributed by atoms with Crippen molar-refractivity contribution in [2.75, 3.05) is 13.7 Å². The van der Waals surface area contributed by atoms with Gasteiger partial charge in [-0.3, -0.25) is 9.59 Å². The molecule has 1 saturated heterocycles. The molecule has 0 spiro atoms. The van der Waals surface area contributed by atoms with E-state index in [1.165, 1.54) is 31.4 Å². The quantitative estimate of drug-likeness (QED) is 0.481. The zero-order valence-corrected chi connectivity index (χ0v) is 19.2. The van der Waals surface area contributed by atoms with Crippen LogP contribution in [0.4, 0.5) is 4.39 Å². The van der Waals surface area contributed by atoms with E-state index in [9.17, 15) is 22.4 Å². The van der Waals surface area contributed by atoms with Gasteiger partial charge in [0.1, 0.15) is 11.6 Å². The third-order valence-electron chi connectivity index (χ3n) is 5.84. The number of ether oxygens (including phenoxy) is 1. The van der Waals surface area contributed by atoms with Gasteiger partial charge < -0.3 is 15.4 Å². The second-order valence-electron chi connectivity index (χ2n) is 8.25. The van der Waals surface area contributed by atoms with Gasteiger partial charge in [0, 0.05) is 24.9 Å². The Labute approximate surface area is 192 Å². The zero-order chi connectivity index (χ0) is 24.1. The lowest BCUT2D eigenvalue weighted by atomic mass is 9.84. The van der Waals surface area contributed by atoms with Crippen molar-refractivity contribution in [3.05, 3.63) is 59.4 Å². The van der Waals surface area contributed by atoms with Crippen molar-refractivity contribution in [3.8, 4) is 5.75 Å². The molecule has 10 heteroatoms. The number of hydrogen-bond donors (Lipinski definition) is 3. The smallest absolute Gasteiger partial charge is 0.238 e. The average molecular weight is 478 g/mol. The maximum absolute atomic E-state index is 14.4. The van der Waals surface area contributed by atoms with Gasteiger partial charge in [0.05, 0.1) is 12.0 Å². The highest BCUT2D eigenvalue weighted by Crippen LogP contribution is 2.31. The van der Waals surface area contributed by atoms with Crippen LogP contribution >= 0.6 is 0 Å². The van der Waals surface area contributed by atoms with E-state index in [-0.39, 0.29) is 35.4 Å². The van der Waals surface area contributed by atoms with E-state index in [0.29, 0.717) is 43.5 Å². The van der Waals surface area contributed by atoms with Gasteiger partial charge in [-0.1, -0.05) is 12.1 Å². The molecule has 4 N–H and O–H groups in total. The minimum atomic E-state index is -3.74. The van der Waals surface area contributed by atoms with Gasteiger partial charge in [-0.05, 0) is 67.1 Å². The summed E-state index contributed by atoms with van der Waals surface area (Å²) >= 11 is 0. The number of rotatable bonds is 10. The predicted octanol–water partition coefficient (Wildman–Crippen LogP) is 1.81. The van der Waals surface area contributed by atoms with Crippen LogP contribution in [-0.2, 0) is 32.5 Å². The van der Waals surface area contributed by atoms with E-state index in [4.69, 9.17) is 9.88 Å². The van der Waals surface area contributed by atoms with E-state index in [1.807, 2.05) is 0 Å². The zero-order valence-electron chi connectivity index (χ0n) is 18.4. The Morgan fingerprint density at radius 1 is 1.24 bits per heavy atom. The summed E-state index contributed by atoms with van der Waals surface area (Å²) in [4.78, 5) is 24.4. The van der Waals surface area contributed by atoms with Crippen molar-refractivity contribution in [2.45, 2.75) is 49.0 Å². The van der Waals surface area contributed by atoms with Crippen molar-refractivity contribution in [1.82, 2.24) is 10.6 Å². The Balaban J connectivity index is 1.54. The van der Waals surface area contributed by atoms with E-state index in [0.717, 1.165) is 5.56 Å². The Morgan fingerprint density at radius 3 is 2.58 bits per heavy atom. The third kappa shape index (κ3) is 6.75. The molecule has 2 amide bonds.